The summed E-state index contributed by atoms with van der Waals surface area (Å²) in [5, 5.41) is 0. The lowest BCUT2D eigenvalue weighted by Gasteiger charge is -2.29. The Hall–Kier alpha value is -2.23. The number of ether oxygens (including phenoxy) is 1. The van der Waals surface area contributed by atoms with Gasteiger partial charge in [-0.3, -0.25) is 4.79 Å². The molecule has 0 spiro atoms. The number of hydrogen-bond acceptors (Lipinski definition) is 5. The largest absolute Gasteiger partial charge is 1.00 e. The van der Waals surface area contributed by atoms with E-state index in [9.17, 15) is 13.2 Å². The van der Waals surface area contributed by atoms with Crippen LogP contribution in [0.15, 0.2) is 70.9 Å². The number of quaternary nitrogens is 1. The Balaban J connectivity index is 0.00000456. The number of thiophene rings is 1. The number of halogens is 1. The summed E-state index contributed by atoms with van der Waals surface area (Å²) in [5.74, 6) is 5.66. The van der Waals surface area contributed by atoms with E-state index in [1.165, 1.54) is 0 Å². The fourth-order valence-corrected chi connectivity index (χ4v) is 5.87. The minimum Gasteiger partial charge on any atom is -1.00 e. The molecule has 1 heterocycles. The minimum absolute atomic E-state index is 0. The normalized spacial score (nSPS) is 12.1. The number of carbonyl (C=O) groups is 1. The summed E-state index contributed by atoms with van der Waals surface area (Å²) < 4.78 is 35.0. The summed E-state index contributed by atoms with van der Waals surface area (Å²) in [5.41, 5.74) is 2.86. The molecule has 3 rings (SSSR count). The third-order valence-electron chi connectivity index (χ3n) is 4.94. The maximum atomic E-state index is 13.1. The van der Waals surface area contributed by atoms with Crippen molar-refractivity contribution in [3.63, 3.8) is 0 Å². The van der Waals surface area contributed by atoms with Gasteiger partial charge in [-0.05, 0) is 42.3 Å². The van der Waals surface area contributed by atoms with Crippen molar-refractivity contribution in [2.24, 2.45) is 0 Å². The van der Waals surface area contributed by atoms with Crippen LogP contribution in [0.1, 0.15) is 28.0 Å². The van der Waals surface area contributed by atoms with Crippen LogP contribution in [-0.2, 0) is 26.2 Å². The molecule has 2 aromatic carbocycles. The monoisotopic (exact) mass is 638 g/mol. The fraction of sp³-hybridized carbons (Fsp3) is 0.296. The predicted octanol–water partition coefficient (Wildman–Crippen LogP) is 0.947. The minimum atomic E-state index is -3.83. The van der Waals surface area contributed by atoms with Crippen LogP contribution in [0.5, 0.6) is 0 Å². The summed E-state index contributed by atoms with van der Waals surface area (Å²) in [6, 6.07) is 19.8. The third-order valence-corrected chi connectivity index (χ3v) is 7.95. The Labute approximate surface area is 235 Å². The molecule has 1 N–H and O–H groups in total. The maximum absolute atomic E-state index is 13.1. The van der Waals surface area contributed by atoms with Gasteiger partial charge in [-0.15, -0.1) is 11.3 Å². The number of carbonyl (C=O) groups excluding carboxylic acids is 1. The van der Waals surface area contributed by atoms with Crippen LogP contribution in [0.2, 0.25) is 0 Å². The zero-order valence-corrected chi connectivity index (χ0v) is 24.6. The van der Waals surface area contributed by atoms with Gasteiger partial charge in [-0.25, -0.2) is 13.1 Å². The third kappa shape index (κ3) is 10.0. The molecule has 0 aliphatic carbocycles. The fourth-order valence-electron chi connectivity index (χ4n) is 3.47. The Morgan fingerprint density at radius 3 is 2.42 bits per heavy atom. The lowest BCUT2D eigenvalue weighted by atomic mass is 10.1. The van der Waals surface area contributed by atoms with Crippen LogP contribution in [-0.4, -0.2) is 52.6 Å². The number of sulfonamides is 1. The summed E-state index contributed by atoms with van der Waals surface area (Å²) in [6.07, 6.45) is -0.0625. The van der Waals surface area contributed by atoms with Gasteiger partial charge in [0.05, 0.1) is 45.0 Å². The van der Waals surface area contributed by atoms with Crippen molar-refractivity contribution in [1.82, 2.24) is 4.72 Å². The molecule has 6 nitrogen and oxygen atoms in total. The predicted molar refractivity (Wildman–Crippen MR) is 139 cm³/mol. The van der Waals surface area contributed by atoms with Crippen LogP contribution in [0.25, 0.3) is 0 Å². The van der Waals surface area contributed by atoms with E-state index >= 15 is 0 Å². The average molecular weight is 639 g/mol. The average Bonchev–Trinajstić information content (AvgIpc) is 3.26. The molecule has 0 fully saturated rings. The zero-order chi connectivity index (χ0) is 25.5. The van der Waals surface area contributed by atoms with Crippen LogP contribution >= 0.6 is 11.3 Å². The Morgan fingerprint density at radius 2 is 1.75 bits per heavy atom. The van der Waals surface area contributed by atoms with E-state index in [1.807, 2.05) is 82.7 Å². The van der Waals surface area contributed by atoms with E-state index in [2.05, 4.69) is 16.6 Å². The van der Waals surface area contributed by atoms with Crippen LogP contribution < -0.4 is 28.7 Å². The van der Waals surface area contributed by atoms with E-state index in [1.54, 1.807) is 12.1 Å². The van der Waals surface area contributed by atoms with Crippen molar-refractivity contribution in [3.8, 4) is 11.8 Å². The molecule has 0 aliphatic heterocycles. The molecule has 1 atom stereocenters. The Kier molecular flexibility index (Phi) is 11.1. The van der Waals surface area contributed by atoms with Gasteiger partial charge >= 0.3 is 5.97 Å². The van der Waals surface area contributed by atoms with Gasteiger partial charge in [-0.2, -0.15) is 0 Å². The second kappa shape index (κ2) is 13.4. The molecule has 1 unspecified atom stereocenters. The molecular weight excluding hydrogens is 607 g/mol. The molecule has 0 aliphatic rings. The van der Waals surface area contributed by atoms with Gasteiger partial charge < -0.3 is 33.2 Å². The van der Waals surface area contributed by atoms with Gasteiger partial charge in [0.2, 0.25) is 0 Å². The van der Waals surface area contributed by atoms with Gasteiger partial charge in [0.25, 0.3) is 10.0 Å². The van der Waals surface area contributed by atoms with Crippen LogP contribution in [0.4, 0.5) is 0 Å². The lowest BCUT2D eigenvalue weighted by Crippen LogP contribution is -3.00. The highest BCUT2D eigenvalue weighted by Gasteiger charge is 2.28. The number of benzene rings is 2. The summed E-state index contributed by atoms with van der Waals surface area (Å²) in [4.78, 5) is 13.2. The first-order valence-electron chi connectivity index (χ1n) is 11.2. The van der Waals surface area contributed by atoms with Crippen molar-refractivity contribution >= 4 is 27.3 Å². The van der Waals surface area contributed by atoms with Crippen molar-refractivity contribution in [1.29, 1.82) is 0 Å². The van der Waals surface area contributed by atoms with Gasteiger partial charge in [-0.1, -0.05) is 54.3 Å². The molecule has 3 aromatic rings. The first-order chi connectivity index (χ1) is 16.5. The molecule has 1 aromatic heterocycles. The first-order valence-corrected chi connectivity index (χ1v) is 13.5. The Morgan fingerprint density at radius 1 is 1.03 bits per heavy atom. The number of nitrogens with one attached hydrogen (secondary N) is 1. The molecule has 0 amide bonds. The molecule has 0 bridgehead atoms. The summed E-state index contributed by atoms with van der Waals surface area (Å²) >= 11 is 1.10. The molecule has 9 heteroatoms. The number of aryl methyl sites for hydroxylation is 1. The molecule has 192 valence electrons. The van der Waals surface area contributed by atoms with Crippen molar-refractivity contribution in [3.05, 3.63) is 88.3 Å². The SMILES string of the molecule is Cc1cccc(C#Cc2ccc(S(=O)(=O)NC(CC(=O)OCc3ccccc3)C[N+](C)(C)C)s2)c1.[I-]. The van der Waals surface area contributed by atoms with Gasteiger partial charge in [0.1, 0.15) is 10.8 Å². The summed E-state index contributed by atoms with van der Waals surface area (Å²) in [6.45, 7) is 2.57. The number of nitrogens with zero attached hydrogens (tertiary/aromatic N) is 1. The molecule has 0 saturated heterocycles. The second-order valence-electron chi connectivity index (χ2n) is 9.38. The number of hydrogen-bond donors (Lipinski definition) is 1. The van der Waals surface area contributed by atoms with Crippen LogP contribution in [0, 0.1) is 18.8 Å². The smallest absolute Gasteiger partial charge is 0.307 e. The standard InChI is InChI=1S/C27H31N2O4S2.HI/c1-21-9-8-12-22(17-21)13-14-25-15-16-27(34-25)35(31,32)28-24(19-29(2,3)4)18-26(30)33-20-23-10-6-5-7-11-23;/h5-12,15-17,24,28H,18-20H2,1-4H3;1H/q+1;/p-1. The van der Waals surface area contributed by atoms with Crippen molar-refractivity contribution < 1.29 is 46.4 Å². The van der Waals surface area contributed by atoms with E-state index in [0.29, 0.717) is 15.9 Å². The topological polar surface area (TPSA) is 72.5 Å². The summed E-state index contributed by atoms with van der Waals surface area (Å²) in [7, 11) is 2.01. The van der Waals surface area contributed by atoms with E-state index in [4.69, 9.17) is 4.74 Å². The number of rotatable bonds is 9. The molecule has 0 saturated carbocycles. The molecule has 36 heavy (non-hydrogen) atoms. The molecule has 0 radical (unpaired) electrons. The quantitative estimate of drug-likeness (QED) is 0.164. The molecular formula is C27H31IN2O4S2. The zero-order valence-electron chi connectivity index (χ0n) is 20.8. The van der Waals surface area contributed by atoms with E-state index in [-0.39, 0.29) is 41.2 Å². The maximum Gasteiger partial charge on any atom is 0.307 e. The van der Waals surface area contributed by atoms with Crippen molar-refractivity contribution in [2.45, 2.75) is 30.2 Å². The van der Waals surface area contributed by atoms with Gasteiger partial charge in [0.15, 0.2) is 0 Å². The van der Waals surface area contributed by atoms with Crippen LogP contribution in [0.3, 0.4) is 0 Å². The van der Waals surface area contributed by atoms with Crippen molar-refractivity contribution in [2.75, 3.05) is 27.7 Å². The van der Waals surface area contributed by atoms with E-state index < -0.39 is 22.0 Å². The highest BCUT2D eigenvalue weighted by atomic mass is 127. The highest BCUT2D eigenvalue weighted by Crippen LogP contribution is 2.22. The lowest BCUT2D eigenvalue weighted by molar-refractivity contribution is -0.871. The highest BCUT2D eigenvalue weighted by molar-refractivity contribution is 7.91. The van der Waals surface area contributed by atoms with Gasteiger partial charge in [0, 0.05) is 5.56 Å². The number of likely N-dealkylation sites (N-methyl/N-ethyl adjacent to an activating group) is 1. The second-order valence-corrected chi connectivity index (χ2v) is 12.4. The first kappa shape index (κ1) is 30.0. The number of esters is 1. The van der Waals surface area contributed by atoms with E-state index in [0.717, 1.165) is 28.0 Å². The Bertz CT molecular complexity index is 1320.